The molecular formula is C24H30N2O2. The highest BCUT2D eigenvalue weighted by Gasteiger charge is 2.30. The van der Waals surface area contributed by atoms with E-state index in [0.29, 0.717) is 0 Å². The smallest absolute Gasteiger partial charge is 0.227 e. The molecule has 1 aliphatic rings. The van der Waals surface area contributed by atoms with Gasteiger partial charge < -0.3 is 10.6 Å². The Balaban J connectivity index is 1.50. The van der Waals surface area contributed by atoms with E-state index in [9.17, 15) is 9.59 Å². The lowest BCUT2D eigenvalue weighted by Gasteiger charge is -2.28. The van der Waals surface area contributed by atoms with Crippen LogP contribution in [-0.2, 0) is 9.59 Å². The van der Waals surface area contributed by atoms with E-state index in [1.807, 2.05) is 69.3 Å². The highest BCUT2D eigenvalue weighted by atomic mass is 16.2. The van der Waals surface area contributed by atoms with Crippen LogP contribution in [0.25, 0.3) is 0 Å². The average Bonchev–Trinajstić information content (AvgIpc) is 2.71. The summed E-state index contributed by atoms with van der Waals surface area (Å²) in [6.07, 6.45) is 3.04. The minimum absolute atomic E-state index is 0.000910. The Kier molecular flexibility index (Phi) is 6.50. The number of hydrogen-bond acceptors (Lipinski definition) is 2. The van der Waals surface area contributed by atoms with E-state index in [0.717, 1.165) is 48.1 Å². The fraction of sp³-hybridized carbons (Fsp3) is 0.417. The van der Waals surface area contributed by atoms with E-state index >= 15 is 0 Å². The Hall–Kier alpha value is -2.62. The lowest BCUT2D eigenvalue weighted by Crippen LogP contribution is -2.36. The minimum atomic E-state index is -0.0180. The van der Waals surface area contributed by atoms with Gasteiger partial charge in [0.15, 0.2) is 0 Å². The van der Waals surface area contributed by atoms with Gasteiger partial charge in [0.05, 0.1) is 6.04 Å². The molecule has 2 aromatic rings. The molecule has 1 aliphatic carbocycles. The van der Waals surface area contributed by atoms with Crippen LogP contribution in [-0.4, -0.2) is 11.8 Å². The van der Waals surface area contributed by atoms with Gasteiger partial charge in [-0.15, -0.1) is 0 Å². The van der Waals surface area contributed by atoms with Crippen LogP contribution in [0.3, 0.4) is 0 Å². The maximum absolute atomic E-state index is 12.7. The van der Waals surface area contributed by atoms with Crippen LogP contribution in [0.2, 0.25) is 0 Å². The molecule has 1 fully saturated rings. The first-order valence-electron chi connectivity index (χ1n) is 10.2. The molecule has 28 heavy (non-hydrogen) atoms. The van der Waals surface area contributed by atoms with Crippen molar-refractivity contribution < 1.29 is 9.59 Å². The molecule has 3 rings (SSSR count). The second-order valence-electron chi connectivity index (χ2n) is 8.00. The quantitative estimate of drug-likeness (QED) is 0.775. The SMILES string of the molecule is Cc1ccc(C)c(NC(=O)C2CCC(C(=O)NC(C)c3ccccc3)CC2)c1. The van der Waals surface area contributed by atoms with Crippen molar-refractivity contribution in [1.29, 1.82) is 0 Å². The minimum Gasteiger partial charge on any atom is -0.349 e. The number of nitrogens with one attached hydrogen (secondary N) is 2. The van der Waals surface area contributed by atoms with E-state index in [2.05, 4.69) is 10.6 Å². The highest BCUT2D eigenvalue weighted by molar-refractivity contribution is 5.93. The first kappa shape index (κ1) is 20.1. The third-order valence-corrected chi connectivity index (χ3v) is 5.78. The Morgan fingerprint density at radius 1 is 0.893 bits per heavy atom. The molecule has 0 saturated heterocycles. The fourth-order valence-electron chi connectivity index (χ4n) is 3.88. The van der Waals surface area contributed by atoms with Crippen LogP contribution in [0, 0.1) is 25.7 Å². The summed E-state index contributed by atoms with van der Waals surface area (Å²) in [6, 6.07) is 16.1. The molecule has 4 heteroatoms. The third-order valence-electron chi connectivity index (χ3n) is 5.78. The molecule has 0 aliphatic heterocycles. The molecule has 0 aromatic heterocycles. The predicted octanol–water partition coefficient (Wildman–Crippen LogP) is 4.93. The third kappa shape index (κ3) is 5.00. The number of benzene rings is 2. The van der Waals surface area contributed by atoms with Gasteiger partial charge in [0, 0.05) is 17.5 Å². The van der Waals surface area contributed by atoms with E-state index in [1.54, 1.807) is 0 Å². The van der Waals surface area contributed by atoms with Gasteiger partial charge in [-0.1, -0.05) is 42.5 Å². The zero-order valence-corrected chi connectivity index (χ0v) is 17.0. The Morgan fingerprint density at radius 2 is 1.50 bits per heavy atom. The number of hydrogen-bond donors (Lipinski definition) is 2. The lowest BCUT2D eigenvalue weighted by molar-refractivity contribution is -0.129. The van der Waals surface area contributed by atoms with Crippen molar-refractivity contribution in [1.82, 2.24) is 5.32 Å². The van der Waals surface area contributed by atoms with Gasteiger partial charge in [-0.3, -0.25) is 9.59 Å². The summed E-state index contributed by atoms with van der Waals surface area (Å²) >= 11 is 0. The molecule has 0 bridgehead atoms. The van der Waals surface area contributed by atoms with Gasteiger partial charge in [-0.25, -0.2) is 0 Å². The van der Waals surface area contributed by atoms with Crippen LogP contribution >= 0.6 is 0 Å². The maximum Gasteiger partial charge on any atom is 0.227 e. The van der Waals surface area contributed by atoms with Crippen LogP contribution in [0.15, 0.2) is 48.5 Å². The van der Waals surface area contributed by atoms with E-state index in [1.165, 1.54) is 0 Å². The molecule has 0 heterocycles. The second-order valence-corrected chi connectivity index (χ2v) is 8.00. The molecule has 2 aromatic carbocycles. The van der Waals surface area contributed by atoms with Gasteiger partial charge in [-0.05, 0) is 69.2 Å². The van der Waals surface area contributed by atoms with Crippen molar-refractivity contribution in [3.63, 3.8) is 0 Å². The molecule has 2 N–H and O–H groups in total. The Bertz CT molecular complexity index is 824. The number of carbonyl (C=O) groups excluding carboxylic acids is 2. The van der Waals surface area contributed by atoms with Crippen molar-refractivity contribution in [2.45, 2.75) is 52.5 Å². The van der Waals surface area contributed by atoms with Crippen molar-refractivity contribution in [2.24, 2.45) is 11.8 Å². The first-order valence-corrected chi connectivity index (χ1v) is 10.2. The standard InChI is InChI=1S/C24H30N2O2/c1-16-9-10-17(2)22(15-16)26-24(28)21-13-11-20(12-14-21)23(27)25-18(3)19-7-5-4-6-8-19/h4-10,15,18,20-21H,11-14H2,1-3H3,(H,25,27)(H,26,28). The summed E-state index contributed by atoms with van der Waals surface area (Å²) in [5.41, 5.74) is 4.20. The van der Waals surface area contributed by atoms with Gasteiger partial charge >= 0.3 is 0 Å². The van der Waals surface area contributed by atoms with Crippen molar-refractivity contribution in [2.75, 3.05) is 5.32 Å². The summed E-state index contributed by atoms with van der Waals surface area (Å²) in [5.74, 6) is 0.154. The second kappa shape index (κ2) is 9.05. The van der Waals surface area contributed by atoms with Gasteiger partial charge in [0.25, 0.3) is 0 Å². The van der Waals surface area contributed by atoms with Gasteiger partial charge in [0.1, 0.15) is 0 Å². The highest BCUT2D eigenvalue weighted by Crippen LogP contribution is 2.31. The maximum atomic E-state index is 12.7. The van der Waals surface area contributed by atoms with E-state index in [-0.39, 0.29) is 29.7 Å². The number of carbonyl (C=O) groups is 2. The molecule has 4 nitrogen and oxygen atoms in total. The summed E-state index contributed by atoms with van der Waals surface area (Å²) < 4.78 is 0. The van der Waals surface area contributed by atoms with E-state index < -0.39 is 0 Å². The molecule has 2 amide bonds. The monoisotopic (exact) mass is 378 g/mol. The summed E-state index contributed by atoms with van der Waals surface area (Å²) in [4.78, 5) is 25.3. The molecule has 0 spiro atoms. The molecular weight excluding hydrogens is 348 g/mol. The molecule has 1 saturated carbocycles. The van der Waals surface area contributed by atoms with Gasteiger partial charge in [-0.2, -0.15) is 0 Å². The fourth-order valence-corrected chi connectivity index (χ4v) is 3.88. The topological polar surface area (TPSA) is 58.2 Å². The zero-order chi connectivity index (χ0) is 20.1. The molecule has 1 atom stereocenters. The Labute approximate surface area is 167 Å². The normalized spacial score (nSPS) is 20.2. The molecule has 148 valence electrons. The van der Waals surface area contributed by atoms with Crippen molar-refractivity contribution >= 4 is 17.5 Å². The van der Waals surface area contributed by atoms with Crippen LogP contribution < -0.4 is 10.6 Å². The summed E-state index contributed by atoms with van der Waals surface area (Å²) in [7, 11) is 0. The largest absolute Gasteiger partial charge is 0.349 e. The Morgan fingerprint density at radius 3 is 2.14 bits per heavy atom. The zero-order valence-electron chi connectivity index (χ0n) is 17.0. The van der Waals surface area contributed by atoms with E-state index in [4.69, 9.17) is 0 Å². The van der Waals surface area contributed by atoms with Crippen molar-refractivity contribution in [3.8, 4) is 0 Å². The van der Waals surface area contributed by atoms with Crippen LogP contribution in [0.1, 0.15) is 55.3 Å². The predicted molar refractivity (Wildman–Crippen MR) is 113 cm³/mol. The summed E-state index contributed by atoms with van der Waals surface area (Å²) in [5, 5.41) is 6.20. The van der Waals surface area contributed by atoms with Crippen LogP contribution in [0.5, 0.6) is 0 Å². The first-order chi connectivity index (χ1) is 13.4. The number of anilines is 1. The van der Waals surface area contributed by atoms with Crippen molar-refractivity contribution in [3.05, 3.63) is 65.2 Å². The van der Waals surface area contributed by atoms with Gasteiger partial charge in [0.2, 0.25) is 11.8 Å². The average molecular weight is 379 g/mol. The summed E-state index contributed by atoms with van der Waals surface area (Å²) in [6.45, 7) is 6.04. The number of amides is 2. The number of rotatable bonds is 5. The molecule has 1 unspecified atom stereocenters. The molecule has 0 radical (unpaired) electrons. The number of aryl methyl sites for hydroxylation is 2. The lowest BCUT2D eigenvalue weighted by atomic mass is 9.81. The van der Waals surface area contributed by atoms with Crippen LogP contribution in [0.4, 0.5) is 5.69 Å².